The van der Waals surface area contributed by atoms with Crippen LogP contribution < -0.4 is 9.80 Å². The zero-order chi connectivity index (χ0) is 26.8. The van der Waals surface area contributed by atoms with Crippen molar-refractivity contribution in [2.75, 3.05) is 42.5 Å². The molecule has 1 amide bonds. The van der Waals surface area contributed by atoms with E-state index in [1.54, 1.807) is 18.5 Å². The van der Waals surface area contributed by atoms with Crippen LogP contribution in [0.1, 0.15) is 37.8 Å². The number of aromatic nitrogens is 1. The van der Waals surface area contributed by atoms with Crippen LogP contribution in [0, 0.1) is 0 Å². The summed E-state index contributed by atoms with van der Waals surface area (Å²) in [7, 11) is 0. The highest BCUT2D eigenvalue weighted by molar-refractivity contribution is 7.13. The Bertz CT molecular complexity index is 1370. The molecular weight excluding hydrogens is 520 g/mol. The third-order valence-electron chi connectivity index (χ3n) is 7.33. The number of fused-ring (bicyclic) bond motifs is 2. The second kappa shape index (κ2) is 11.4. The molecule has 3 aromatic rings. The van der Waals surface area contributed by atoms with Crippen molar-refractivity contribution < 1.29 is 14.3 Å². The summed E-state index contributed by atoms with van der Waals surface area (Å²) in [6, 6.07) is 12.3. The zero-order valence-corrected chi connectivity index (χ0v) is 23.5. The largest absolute Gasteiger partial charge is 0.438 e. The molecule has 7 nitrogen and oxygen atoms in total. The number of anilines is 2. The second-order valence-electron chi connectivity index (χ2n) is 9.95. The van der Waals surface area contributed by atoms with Gasteiger partial charge in [0, 0.05) is 48.7 Å². The summed E-state index contributed by atoms with van der Waals surface area (Å²) >= 11 is 8.25. The van der Waals surface area contributed by atoms with Crippen LogP contribution in [-0.4, -0.2) is 60.1 Å². The van der Waals surface area contributed by atoms with Gasteiger partial charge < -0.3 is 9.64 Å². The average Bonchev–Trinajstić information content (AvgIpc) is 3.47. The van der Waals surface area contributed by atoms with Gasteiger partial charge in [-0.25, -0.2) is 4.79 Å². The maximum Gasteiger partial charge on any atom is 0.335 e. The first-order valence-electron chi connectivity index (χ1n) is 13.2. The molecule has 0 aliphatic carbocycles. The first-order valence-corrected chi connectivity index (χ1v) is 14.3. The first-order chi connectivity index (χ1) is 18.4. The van der Waals surface area contributed by atoms with Crippen molar-refractivity contribution >= 4 is 56.6 Å². The summed E-state index contributed by atoms with van der Waals surface area (Å²) in [5.74, 6) is 0.530. The molecule has 1 atom stereocenters. The molecule has 5 rings (SSSR count). The van der Waals surface area contributed by atoms with Crippen LogP contribution in [0.4, 0.5) is 11.5 Å². The molecule has 38 heavy (non-hydrogen) atoms. The van der Waals surface area contributed by atoms with Crippen LogP contribution in [0.5, 0.6) is 0 Å². The number of amides is 1. The van der Waals surface area contributed by atoms with Crippen molar-refractivity contribution in [2.24, 2.45) is 0 Å². The van der Waals surface area contributed by atoms with Crippen LogP contribution in [0.2, 0.25) is 5.02 Å². The Labute approximate surface area is 232 Å². The van der Waals surface area contributed by atoms with Gasteiger partial charge in [-0.1, -0.05) is 49.7 Å². The van der Waals surface area contributed by atoms with E-state index in [4.69, 9.17) is 20.7 Å². The Balaban J connectivity index is 1.19. The van der Waals surface area contributed by atoms with Gasteiger partial charge in [-0.05, 0) is 60.6 Å². The van der Waals surface area contributed by atoms with Gasteiger partial charge in [-0.2, -0.15) is 4.37 Å². The molecule has 0 radical (unpaired) electrons. The second-order valence-corrected chi connectivity index (χ2v) is 11.2. The lowest BCUT2D eigenvalue weighted by atomic mass is 10.1. The van der Waals surface area contributed by atoms with Gasteiger partial charge in [0.25, 0.3) is 0 Å². The highest BCUT2D eigenvalue weighted by Gasteiger charge is 2.34. The number of hydrogen-bond acceptors (Lipinski definition) is 7. The normalized spacial score (nSPS) is 16.7. The number of hydrogen-bond donors (Lipinski definition) is 0. The SMILES string of the molecule is C=C(CCC)C(=O)OC(C)N1C(=O)Cc2cc(CCN3CCN(c4nsc5ccccc45)CC3)c(Cl)cc21. The van der Waals surface area contributed by atoms with Gasteiger partial charge in [0.15, 0.2) is 6.23 Å². The van der Waals surface area contributed by atoms with E-state index in [0.29, 0.717) is 22.7 Å². The summed E-state index contributed by atoms with van der Waals surface area (Å²) < 4.78 is 11.5. The van der Waals surface area contributed by atoms with Gasteiger partial charge in [0.05, 0.1) is 16.8 Å². The lowest BCUT2D eigenvalue weighted by Crippen LogP contribution is -2.47. The van der Waals surface area contributed by atoms with Crippen LogP contribution in [0.15, 0.2) is 48.6 Å². The first kappa shape index (κ1) is 26.7. The Morgan fingerprint density at radius 3 is 2.74 bits per heavy atom. The number of carbonyl (C=O) groups is 2. The van der Waals surface area contributed by atoms with Crippen LogP contribution in [0.3, 0.4) is 0 Å². The number of esters is 1. The molecule has 200 valence electrons. The van der Waals surface area contributed by atoms with Crippen molar-refractivity contribution in [3.8, 4) is 0 Å². The standard InChI is InChI=1S/C29H33ClN4O3S/c1-4-7-19(2)29(36)37-20(3)34-25-18-24(30)21(16-22(25)17-27(34)35)10-11-32-12-14-33(15-13-32)28-23-8-5-6-9-26(23)38-31-28/h5-6,8-9,16,18,20H,2,4,7,10-15,17H2,1,3H3. The van der Waals surface area contributed by atoms with Crippen molar-refractivity contribution in [3.05, 3.63) is 64.7 Å². The summed E-state index contributed by atoms with van der Waals surface area (Å²) in [5.41, 5.74) is 3.09. The molecule has 0 spiro atoms. The van der Waals surface area contributed by atoms with Gasteiger partial charge in [0.2, 0.25) is 5.91 Å². The van der Waals surface area contributed by atoms with Gasteiger partial charge in [0.1, 0.15) is 5.82 Å². The fourth-order valence-corrected chi connectivity index (χ4v) is 6.30. The smallest absolute Gasteiger partial charge is 0.335 e. The monoisotopic (exact) mass is 552 g/mol. The fourth-order valence-electron chi connectivity index (χ4n) is 5.25. The van der Waals surface area contributed by atoms with E-state index in [-0.39, 0.29) is 12.3 Å². The van der Waals surface area contributed by atoms with E-state index < -0.39 is 12.2 Å². The minimum absolute atomic E-state index is 0.0969. The van der Waals surface area contributed by atoms with E-state index in [9.17, 15) is 9.59 Å². The number of benzene rings is 2. The highest BCUT2D eigenvalue weighted by atomic mass is 35.5. The Morgan fingerprint density at radius 1 is 1.21 bits per heavy atom. The predicted molar refractivity (Wildman–Crippen MR) is 154 cm³/mol. The number of nitrogens with zero attached hydrogens (tertiary/aromatic N) is 4. The van der Waals surface area contributed by atoms with Crippen molar-refractivity contribution in [1.82, 2.24) is 9.27 Å². The van der Waals surface area contributed by atoms with Crippen LogP contribution >= 0.6 is 23.1 Å². The van der Waals surface area contributed by atoms with Crippen LogP contribution in [0.25, 0.3) is 10.1 Å². The molecule has 9 heteroatoms. The Hall–Kier alpha value is -2.94. The lowest BCUT2D eigenvalue weighted by molar-refractivity contribution is -0.144. The maximum absolute atomic E-state index is 12.8. The summed E-state index contributed by atoms with van der Waals surface area (Å²) in [6.07, 6.45) is 1.74. The lowest BCUT2D eigenvalue weighted by Gasteiger charge is -2.35. The topological polar surface area (TPSA) is 66.0 Å². The molecule has 2 aromatic carbocycles. The van der Waals surface area contributed by atoms with Crippen molar-refractivity contribution in [1.29, 1.82) is 0 Å². The molecular formula is C29H33ClN4O3S. The Kier molecular flexibility index (Phi) is 8.02. The molecule has 3 heterocycles. The third kappa shape index (κ3) is 5.44. The molecule has 0 N–H and O–H groups in total. The highest BCUT2D eigenvalue weighted by Crippen LogP contribution is 2.36. The third-order valence-corrected chi connectivity index (χ3v) is 8.50. The van der Waals surface area contributed by atoms with Gasteiger partial charge in [-0.15, -0.1) is 0 Å². The van der Waals surface area contributed by atoms with E-state index in [0.717, 1.165) is 62.5 Å². The zero-order valence-electron chi connectivity index (χ0n) is 21.9. The summed E-state index contributed by atoms with van der Waals surface area (Å²) in [4.78, 5) is 31.5. The minimum Gasteiger partial charge on any atom is -0.438 e. The van der Waals surface area contributed by atoms with E-state index in [1.807, 2.05) is 19.1 Å². The summed E-state index contributed by atoms with van der Waals surface area (Å²) in [5, 5.41) is 1.86. The van der Waals surface area contributed by atoms with E-state index in [1.165, 1.54) is 15.0 Å². The average molecular weight is 553 g/mol. The number of rotatable bonds is 9. The molecule has 1 unspecified atom stereocenters. The van der Waals surface area contributed by atoms with E-state index >= 15 is 0 Å². The molecule has 0 bridgehead atoms. The molecule has 1 fully saturated rings. The van der Waals surface area contributed by atoms with Gasteiger partial charge >= 0.3 is 5.97 Å². The maximum atomic E-state index is 12.8. The predicted octanol–water partition coefficient (Wildman–Crippen LogP) is 5.45. The molecule has 1 aromatic heterocycles. The fraction of sp³-hybridized carbons (Fsp3) is 0.414. The summed E-state index contributed by atoms with van der Waals surface area (Å²) in [6.45, 7) is 12.2. The van der Waals surface area contributed by atoms with Crippen molar-refractivity contribution in [2.45, 2.75) is 45.8 Å². The Morgan fingerprint density at radius 2 is 1.97 bits per heavy atom. The van der Waals surface area contributed by atoms with Crippen molar-refractivity contribution in [3.63, 3.8) is 0 Å². The number of piperazine rings is 1. The molecule has 1 saturated heterocycles. The molecule has 2 aliphatic rings. The van der Waals surface area contributed by atoms with Gasteiger partial charge in [-0.3, -0.25) is 14.6 Å². The number of carbonyl (C=O) groups excluding carboxylic acids is 2. The van der Waals surface area contributed by atoms with E-state index in [2.05, 4.69) is 40.6 Å². The number of halogens is 1. The molecule has 2 aliphatic heterocycles. The minimum atomic E-state index is -0.724. The molecule has 0 saturated carbocycles. The number of ether oxygens (including phenoxy) is 1. The quantitative estimate of drug-likeness (QED) is 0.260. The van der Waals surface area contributed by atoms with Crippen LogP contribution in [-0.2, 0) is 27.2 Å².